The lowest BCUT2D eigenvalue weighted by Gasteiger charge is -2.31. The average molecular weight is 309 g/mol. The fourth-order valence-electron chi connectivity index (χ4n) is 2.79. The monoisotopic (exact) mass is 309 g/mol. The molecule has 1 aromatic carbocycles. The fraction of sp³-hybridized carbons (Fsp3) is 0.278. The molecule has 1 fully saturated rings. The maximum Gasteiger partial charge on any atom is 0.253 e. The predicted molar refractivity (Wildman–Crippen MR) is 87.9 cm³/mol. The summed E-state index contributed by atoms with van der Waals surface area (Å²) in [6.45, 7) is 1.22. The van der Waals surface area contributed by atoms with E-state index in [0.29, 0.717) is 37.2 Å². The molecule has 0 unspecified atom stereocenters. The van der Waals surface area contributed by atoms with Crippen LogP contribution in [0.3, 0.4) is 0 Å². The van der Waals surface area contributed by atoms with Crippen LogP contribution in [0.25, 0.3) is 0 Å². The van der Waals surface area contributed by atoms with Crippen molar-refractivity contribution >= 4 is 17.5 Å². The molecule has 3 rings (SSSR count). The molecule has 5 nitrogen and oxygen atoms in total. The second-order valence-corrected chi connectivity index (χ2v) is 5.66. The minimum Gasteiger partial charge on any atom is -0.339 e. The van der Waals surface area contributed by atoms with Crippen LogP contribution in [0.1, 0.15) is 23.2 Å². The van der Waals surface area contributed by atoms with E-state index in [1.807, 2.05) is 41.3 Å². The van der Waals surface area contributed by atoms with Crippen molar-refractivity contribution in [1.82, 2.24) is 9.88 Å². The summed E-state index contributed by atoms with van der Waals surface area (Å²) in [5.41, 5.74) is 1.41. The number of amides is 2. The molecule has 0 bridgehead atoms. The quantitative estimate of drug-likeness (QED) is 0.948. The van der Waals surface area contributed by atoms with Crippen LogP contribution in [-0.4, -0.2) is 34.8 Å². The highest BCUT2D eigenvalue weighted by molar-refractivity contribution is 5.95. The van der Waals surface area contributed by atoms with Gasteiger partial charge in [-0.3, -0.25) is 14.6 Å². The Bertz CT molecular complexity index is 665. The largest absolute Gasteiger partial charge is 0.339 e. The molecule has 2 aromatic rings. The normalized spacial score (nSPS) is 15.2. The predicted octanol–water partition coefficient (Wildman–Crippen LogP) is 2.57. The van der Waals surface area contributed by atoms with Crippen LogP contribution >= 0.6 is 0 Å². The Labute approximate surface area is 135 Å². The van der Waals surface area contributed by atoms with Gasteiger partial charge in [0.2, 0.25) is 5.91 Å². The number of nitrogens with zero attached hydrogens (tertiary/aromatic N) is 2. The number of aromatic nitrogens is 1. The third-order valence-electron chi connectivity index (χ3n) is 4.10. The van der Waals surface area contributed by atoms with Crippen molar-refractivity contribution in [3.8, 4) is 0 Å². The third-order valence-corrected chi connectivity index (χ3v) is 4.10. The van der Waals surface area contributed by atoms with Gasteiger partial charge in [-0.1, -0.05) is 18.2 Å². The number of anilines is 1. The van der Waals surface area contributed by atoms with Gasteiger partial charge in [-0.05, 0) is 37.1 Å². The number of carbonyl (C=O) groups is 2. The summed E-state index contributed by atoms with van der Waals surface area (Å²) in [5, 5.41) is 2.88. The Morgan fingerprint density at radius 3 is 2.43 bits per heavy atom. The maximum absolute atomic E-state index is 12.4. The van der Waals surface area contributed by atoms with Gasteiger partial charge in [-0.15, -0.1) is 0 Å². The molecular formula is C18H19N3O2. The molecule has 5 heteroatoms. The second-order valence-electron chi connectivity index (χ2n) is 5.66. The number of piperidine rings is 1. The average Bonchev–Trinajstić information content (AvgIpc) is 2.63. The van der Waals surface area contributed by atoms with E-state index in [1.54, 1.807) is 18.5 Å². The van der Waals surface area contributed by atoms with Gasteiger partial charge in [0.15, 0.2) is 0 Å². The Balaban J connectivity index is 1.54. The zero-order valence-corrected chi connectivity index (χ0v) is 12.8. The van der Waals surface area contributed by atoms with Gasteiger partial charge in [-0.25, -0.2) is 0 Å². The van der Waals surface area contributed by atoms with Gasteiger partial charge in [0.05, 0.1) is 11.9 Å². The van der Waals surface area contributed by atoms with Gasteiger partial charge < -0.3 is 10.2 Å². The number of pyridine rings is 1. The number of nitrogens with one attached hydrogen (secondary N) is 1. The van der Waals surface area contributed by atoms with E-state index in [1.165, 1.54) is 0 Å². The summed E-state index contributed by atoms with van der Waals surface area (Å²) >= 11 is 0. The molecule has 118 valence electrons. The SMILES string of the molecule is O=C(Nc1cccnc1)C1CCN(C(=O)c2ccccc2)CC1. The van der Waals surface area contributed by atoms with Gasteiger partial charge in [0.1, 0.15) is 0 Å². The highest BCUT2D eigenvalue weighted by Crippen LogP contribution is 2.20. The smallest absolute Gasteiger partial charge is 0.253 e. The van der Waals surface area contributed by atoms with Crippen LogP contribution < -0.4 is 5.32 Å². The number of likely N-dealkylation sites (tertiary alicyclic amines) is 1. The van der Waals surface area contributed by atoms with E-state index in [0.717, 1.165) is 0 Å². The molecular weight excluding hydrogens is 290 g/mol. The summed E-state index contributed by atoms with van der Waals surface area (Å²) in [7, 11) is 0. The molecule has 0 radical (unpaired) electrons. The van der Waals surface area contributed by atoms with E-state index < -0.39 is 0 Å². The van der Waals surface area contributed by atoms with Crippen molar-refractivity contribution < 1.29 is 9.59 Å². The standard InChI is InChI=1S/C18H19N3O2/c22-17(20-16-7-4-10-19-13-16)14-8-11-21(12-9-14)18(23)15-5-2-1-3-6-15/h1-7,10,13-14H,8-9,11-12H2,(H,20,22). The number of carbonyl (C=O) groups excluding carboxylic acids is 2. The van der Waals surface area contributed by atoms with Crippen molar-refractivity contribution in [2.45, 2.75) is 12.8 Å². The van der Waals surface area contributed by atoms with Crippen molar-refractivity contribution in [2.75, 3.05) is 18.4 Å². The summed E-state index contributed by atoms with van der Waals surface area (Å²) in [6.07, 6.45) is 4.67. The van der Waals surface area contributed by atoms with Crippen LogP contribution in [-0.2, 0) is 4.79 Å². The lowest BCUT2D eigenvalue weighted by atomic mass is 9.95. The molecule has 2 heterocycles. The van der Waals surface area contributed by atoms with E-state index >= 15 is 0 Å². The molecule has 1 N–H and O–H groups in total. The van der Waals surface area contributed by atoms with Crippen molar-refractivity contribution in [2.24, 2.45) is 5.92 Å². The van der Waals surface area contributed by atoms with Crippen molar-refractivity contribution in [1.29, 1.82) is 0 Å². The third kappa shape index (κ3) is 3.74. The Morgan fingerprint density at radius 1 is 1.04 bits per heavy atom. The van der Waals surface area contributed by atoms with Crippen LogP contribution in [0.2, 0.25) is 0 Å². The van der Waals surface area contributed by atoms with Crippen LogP contribution in [0, 0.1) is 5.92 Å². The molecule has 0 atom stereocenters. The Kier molecular flexibility index (Phi) is 4.66. The Hall–Kier alpha value is -2.69. The highest BCUT2D eigenvalue weighted by Gasteiger charge is 2.27. The lowest BCUT2D eigenvalue weighted by molar-refractivity contribution is -0.121. The maximum atomic E-state index is 12.4. The first kappa shape index (κ1) is 15.2. The lowest BCUT2D eigenvalue weighted by Crippen LogP contribution is -2.41. The first-order chi connectivity index (χ1) is 11.2. The highest BCUT2D eigenvalue weighted by atomic mass is 16.2. The number of hydrogen-bond donors (Lipinski definition) is 1. The molecule has 1 saturated heterocycles. The second kappa shape index (κ2) is 7.05. The first-order valence-corrected chi connectivity index (χ1v) is 7.79. The summed E-state index contributed by atoms with van der Waals surface area (Å²) in [4.78, 5) is 30.5. The van der Waals surface area contributed by atoms with E-state index in [4.69, 9.17) is 0 Å². The fourth-order valence-corrected chi connectivity index (χ4v) is 2.79. The number of benzene rings is 1. The zero-order chi connectivity index (χ0) is 16.1. The molecule has 2 amide bonds. The van der Waals surface area contributed by atoms with Crippen molar-refractivity contribution in [3.05, 3.63) is 60.4 Å². The number of hydrogen-bond acceptors (Lipinski definition) is 3. The summed E-state index contributed by atoms with van der Waals surface area (Å²) < 4.78 is 0. The minimum atomic E-state index is -0.0602. The summed E-state index contributed by atoms with van der Waals surface area (Å²) in [5.74, 6) is -0.0171. The molecule has 1 aliphatic rings. The minimum absolute atomic E-state index is 0.00445. The van der Waals surface area contributed by atoms with E-state index in [9.17, 15) is 9.59 Å². The molecule has 0 aliphatic carbocycles. The molecule has 23 heavy (non-hydrogen) atoms. The van der Waals surface area contributed by atoms with E-state index in [-0.39, 0.29) is 17.7 Å². The topological polar surface area (TPSA) is 62.3 Å². The van der Waals surface area contributed by atoms with Crippen LogP contribution in [0.15, 0.2) is 54.9 Å². The first-order valence-electron chi connectivity index (χ1n) is 7.79. The zero-order valence-electron chi connectivity index (χ0n) is 12.8. The number of rotatable bonds is 3. The van der Waals surface area contributed by atoms with Gasteiger partial charge >= 0.3 is 0 Å². The van der Waals surface area contributed by atoms with Gasteiger partial charge in [-0.2, -0.15) is 0 Å². The summed E-state index contributed by atoms with van der Waals surface area (Å²) in [6, 6.07) is 12.9. The molecule has 0 spiro atoms. The van der Waals surface area contributed by atoms with E-state index in [2.05, 4.69) is 10.3 Å². The van der Waals surface area contributed by atoms with Gasteiger partial charge in [0, 0.05) is 30.8 Å². The molecule has 1 aliphatic heterocycles. The van der Waals surface area contributed by atoms with Gasteiger partial charge in [0.25, 0.3) is 5.91 Å². The van der Waals surface area contributed by atoms with Crippen LogP contribution in [0.5, 0.6) is 0 Å². The molecule has 1 aromatic heterocycles. The van der Waals surface area contributed by atoms with Crippen LogP contribution in [0.4, 0.5) is 5.69 Å². The Morgan fingerprint density at radius 2 is 1.78 bits per heavy atom. The molecule has 0 saturated carbocycles. The van der Waals surface area contributed by atoms with Crippen molar-refractivity contribution in [3.63, 3.8) is 0 Å².